The molecule has 0 aliphatic carbocycles. The molecule has 0 spiro atoms. The van der Waals surface area contributed by atoms with Gasteiger partial charge in [0.25, 0.3) is 0 Å². The Bertz CT molecular complexity index is 662. The summed E-state index contributed by atoms with van der Waals surface area (Å²) in [6, 6.07) is 9.54. The zero-order valence-corrected chi connectivity index (χ0v) is 14.1. The van der Waals surface area contributed by atoms with E-state index < -0.39 is 9.84 Å². The third-order valence-electron chi connectivity index (χ3n) is 4.61. The zero-order chi connectivity index (χ0) is 16.4. The summed E-state index contributed by atoms with van der Waals surface area (Å²) < 4.78 is 24.3. The average Bonchev–Trinajstić information content (AvgIpc) is 2.84. The molecule has 6 nitrogen and oxygen atoms in total. The van der Waals surface area contributed by atoms with E-state index in [9.17, 15) is 13.2 Å². The van der Waals surface area contributed by atoms with Crippen LogP contribution in [0.1, 0.15) is 12.5 Å². The Morgan fingerprint density at radius 1 is 1.17 bits per heavy atom. The number of rotatable bonds is 3. The monoisotopic (exact) mass is 337 g/mol. The van der Waals surface area contributed by atoms with Crippen LogP contribution < -0.4 is 5.32 Å². The predicted molar refractivity (Wildman–Crippen MR) is 88.9 cm³/mol. The molecule has 2 saturated heterocycles. The second kappa shape index (κ2) is 6.49. The maximum Gasteiger partial charge on any atom is 0.317 e. The van der Waals surface area contributed by atoms with Crippen molar-refractivity contribution in [2.45, 2.75) is 25.6 Å². The highest BCUT2D eigenvalue weighted by molar-refractivity contribution is 7.91. The summed E-state index contributed by atoms with van der Waals surface area (Å²) >= 11 is 0. The fourth-order valence-corrected chi connectivity index (χ4v) is 5.56. The number of nitrogens with zero attached hydrogens (tertiary/aromatic N) is 2. The quantitative estimate of drug-likeness (QED) is 0.881. The van der Waals surface area contributed by atoms with Crippen molar-refractivity contribution in [2.24, 2.45) is 0 Å². The first-order valence-corrected chi connectivity index (χ1v) is 9.85. The topological polar surface area (TPSA) is 69.7 Å². The van der Waals surface area contributed by atoms with Crippen molar-refractivity contribution in [2.75, 3.05) is 31.1 Å². The minimum absolute atomic E-state index is 0.0695. The Kier molecular flexibility index (Phi) is 4.59. The van der Waals surface area contributed by atoms with Gasteiger partial charge < -0.3 is 10.2 Å². The van der Waals surface area contributed by atoms with Crippen LogP contribution in [0, 0.1) is 0 Å². The van der Waals surface area contributed by atoms with Crippen LogP contribution >= 0.6 is 0 Å². The molecule has 0 radical (unpaired) electrons. The van der Waals surface area contributed by atoms with E-state index >= 15 is 0 Å². The highest BCUT2D eigenvalue weighted by Gasteiger charge is 2.47. The molecule has 0 unspecified atom stereocenters. The first-order chi connectivity index (χ1) is 11.0. The van der Waals surface area contributed by atoms with Gasteiger partial charge in [-0.2, -0.15) is 0 Å². The summed E-state index contributed by atoms with van der Waals surface area (Å²) in [5.74, 6) is 0.209. The second-order valence-corrected chi connectivity index (χ2v) is 8.35. The molecule has 1 N–H and O–H groups in total. The van der Waals surface area contributed by atoms with Crippen LogP contribution in [0.5, 0.6) is 0 Å². The molecule has 2 atom stereocenters. The lowest BCUT2D eigenvalue weighted by Crippen LogP contribution is -2.61. The van der Waals surface area contributed by atoms with Crippen molar-refractivity contribution in [1.82, 2.24) is 15.1 Å². The van der Waals surface area contributed by atoms with E-state index in [-0.39, 0.29) is 29.6 Å². The first-order valence-electron chi connectivity index (χ1n) is 8.03. The zero-order valence-electron chi connectivity index (χ0n) is 13.3. The molecule has 7 heteroatoms. The summed E-state index contributed by atoms with van der Waals surface area (Å²) in [5, 5.41) is 2.79. The Labute approximate surface area is 137 Å². The largest absolute Gasteiger partial charge is 0.338 e. The number of benzene rings is 1. The third kappa shape index (κ3) is 3.50. The molecule has 126 valence electrons. The second-order valence-electron chi connectivity index (χ2n) is 6.20. The van der Waals surface area contributed by atoms with Gasteiger partial charge in [-0.25, -0.2) is 13.2 Å². The normalized spacial score (nSPS) is 26.7. The van der Waals surface area contributed by atoms with Crippen LogP contribution in [0.2, 0.25) is 0 Å². The number of carbonyl (C=O) groups is 1. The molecule has 0 aromatic heterocycles. The Morgan fingerprint density at radius 3 is 2.57 bits per heavy atom. The molecule has 2 fully saturated rings. The van der Waals surface area contributed by atoms with Crippen LogP contribution in [0.3, 0.4) is 0 Å². The van der Waals surface area contributed by atoms with E-state index in [1.165, 1.54) is 5.56 Å². The SMILES string of the molecule is CCNC(=O)N1CCN(Cc2ccccc2)[C@@H]2CS(=O)(=O)C[C@@H]21. The fraction of sp³-hybridized carbons (Fsp3) is 0.562. The molecule has 23 heavy (non-hydrogen) atoms. The number of fused-ring (bicyclic) bond motifs is 1. The summed E-state index contributed by atoms with van der Waals surface area (Å²) in [6.07, 6.45) is 0. The first kappa shape index (κ1) is 16.3. The molecule has 2 aliphatic heterocycles. The van der Waals surface area contributed by atoms with Gasteiger partial charge in [0.1, 0.15) is 0 Å². The van der Waals surface area contributed by atoms with Gasteiger partial charge in [0.15, 0.2) is 9.84 Å². The van der Waals surface area contributed by atoms with E-state index in [0.29, 0.717) is 19.6 Å². The Morgan fingerprint density at radius 2 is 1.87 bits per heavy atom. The maximum atomic E-state index is 12.2. The number of sulfone groups is 1. The predicted octanol–water partition coefficient (Wildman–Crippen LogP) is 0.699. The van der Waals surface area contributed by atoms with Crippen molar-refractivity contribution < 1.29 is 13.2 Å². The van der Waals surface area contributed by atoms with Gasteiger partial charge in [-0.1, -0.05) is 30.3 Å². The standard InChI is InChI=1S/C16H23N3O3S/c1-2-17-16(20)19-9-8-18(10-13-6-4-3-5-7-13)14-11-23(21,22)12-15(14)19/h3-7,14-15H,2,8-12H2,1H3,(H,17,20)/t14-,15+/m1/s1. The number of hydrogen-bond donors (Lipinski definition) is 1. The summed E-state index contributed by atoms with van der Waals surface area (Å²) in [7, 11) is -3.10. The number of amides is 2. The molecule has 2 amide bonds. The van der Waals surface area contributed by atoms with Gasteiger partial charge in [-0.15, -0.1) is 0 Å². The maximum absolute atomic E-state index is 12.2. The summed E-state index contributed by atoms with van der Waals surface area (Å²) in [4.78, 5) is 16.1. The van der Waals surface area contributed by atoms with Crippen molar-refractivity contribution in [3.05, 3.63) is 35.9 Å². The highest BCUT2D eigenvalue weighted by atomic mass is 32.2. The minimum atomic E-state index is -3.10. The number of urea groups is 1. The third-order valence-corrected chi connectivity index (χ3v) is 6.31. The summed E-state index contributed by atoms with van der Waals surface area (Å²) in [6.45, 7) is 4.40. The number of hydrogen-bond acceptors (Lipinski definition) is 4. The Hall–Kier alpha value is -1.60. The van der Waals surface area contributed by atoms with Gasteiger partial charge in [0.05, 0.1) is 17.5 Å². The van der Waals surface area contributed by atoms with Gasteiger partial charge in [-0.05, 0) is 12.5 Å². The van der Waals surface area contributed by atoms with Crippen molar-refractivity contribution >= 4 is 15.9 Å². The van der Waals surface area contributed by atoms with Crippen LogP contribution in [0.25, 0.3) is 0 Å². The highest BCUT2D eigenvalue weighted by Crippen LogP contribution is 2.28. The lowest BCUT2D eigenvalue weighted by molar-refractivity contribution is 0.0608. The molecule has 0 bridgehead atoms. The molecular weight excluding hydrogens is 314 g/mol. The molecule has 1 aromatic rings. The molecule has 3 rings (SSSR count). The minimum Gasteiger partial charge on any atom is -0.338 e. The average molecular weight is 337 g/mol. The molecule has 2 aliphatic rings. The molecule has 0 saturated carbocycles. The van der Waals surface area contributed by atoms with Crippen molar-refractivity contribution in [1.29, 1.82) is 0 Å². The van der Waals surface area contributed by atoms with E-state index in [4.69, 9.17) is 0 Å². The van der Waals surface area contributed by atoms with Crippen LogP contribution in [-0.2, 0) is 16.4 Å². The van der Waals surface area contributed by atoms with Crippen LogP contribution in [-0.4, -0.2) is 67.5 Å². The van der Waals surface area contributed by atoms with E-state index in [0.717, 1.165) is 6.54 Å². The molecular formula is C16H23N3O3S. The van der Waals surface area contributed by atoms with Gasteiger partial charge >= 0.3 is 6.03 Å². The van der Waals surface area contributed by atoms with Crippen LogP contribution in [0.15, 0.2) is 30.3 Å². The molecule has 2 heterocycles. The lowest BCUT2D eigenvalue weighted by Gasteiger charge is -2.43. The van der Waals surface area contributed by atoms with E-state index in [1.54, 1.807) is 4.90 Å². The number of nitrogens with one attached hydrogen (secondary N) is 1. The number of carbonyl (C=O) groups excluding carboxylic acids is 1. The van der Waals surface area contributed by atoms with Gasteiger partial charge in [0, 0.05) is 32.2 Å². The van der Waals surface area contributed by atoms with Crippen molar-refractivity contribution in [3.63, 3.8) is 0 Å². The molecule has 1 aromatic carbocycles. The smallest absolute Gasteiger partial charge is 0.317 e. The Balaban J connectivity index is 1.79. The van der Waals surface area contributed by atoms with E-state index in [2.05, 4.69) is 22.3 Å². The lowest BCUT2D eigenvalue weighted by atomic mass is 10.0. The fourth-order valence-electron chi connectivity index (χ4n) is 3.54. The van der Waals surface area contributed by atoms with Crippen LogP contribution in [0.4, 0.5) is 4.79 Å². The van der Waals surface area contributed by atoms with E-state index in [1.807, 2.05) is 25.1 Å². The van der Waals surface area contributed by atoms with Crippen molar-refractivity contribution in [3.8, 4) is 0 Å². The van der Waals surface area contributed by atoms with Gasteiger partial charge in [-0.3, -0.25) is 4.90 Å². The number of piperazine rings is 1. The van der Waals surface area contributed by atoms with Gasteiger partial charge in [0.2, 0.25) is 0 Å². The summed E-state index contributed by atoms with van der Waals surface area (Å²) in [5.41, 5.74) is 1.17.